The molecular formula is C26H21N. The molecule has 1 nitrogen and oxygen atoms in total. The molecular weight excluding hydrogens is 326 g/mol. The van der Waals surface area contributed by atoms with E-state index in [1.165, 1.54) is 63.9 Å². The Morgan fingerprint density at radius 2 is 1.41 bits per heavy atom. The van der Waals surface area contributed by atoms with Crippen LogP contribution < -0.4 is 0 Å². The summed E-state index contributed by atoms with van der Waals surface area (Å²) in [5.41, 5.74) is 7.03. The fraction of sp³-hybridized carbons (Fsp3) is 0.154. The molecule has 0 amide bonds. The Labute approximate surface area is 158 Å². The summed E-state index contributed by atoms with van der Waals surface area (Å²) < 4.78 is 2.20. The van der Waals surface area contributed by atoms with Gasteiger partial charge in [0.1, 0.15) is 0 Å². The third-order valence-electron chi connectivity index (χ3n) is 6.25. The molecule has 0 spiro atoms. The fourth-order valence-corrected chi connectivity index (χ4v) is 4.95. The van der Waals surface area contributed by atoms with Crippen LogP contribution in [0.25, 0.3) is 38.2 Å². The van der Waals surface area contributed by atoms with Gasteiger partial charge in [-0.2, -0.15) is 0 Å². The highest BCUT2D eigenvalue weighted by Crippen LogP contribution is 2.38. The molecule has 6 rings (SSSR count). The Morgan fingerprint density at radius 3 is 2.41 bits per heavy atom. The third-order valence-corrected chi connectivity index (χ3v) is 6.25. The SMILES string of the molecule is c1cc(-c2ccn3ccccc23)c2ccc3c4c(ccc3c2c1)CCCC4. The van der Waals surface area contributed by atoms with Crippen molar-refractivity contribution in [2.24, 2.45) is 0 Å². The number of pyridine rings is 1. The molecule has 3 aromatic carbocycles. The van der Waals surface area contributed by atoms with Gasteiger partial charge in [0.15, 0.2) is 0 Å². The number of rotatable bonds is 1. The molecule has 0 fully saturated rings. The molecule has 0 saturated carbocycles. The predicted octanol–water partition coefficient (Wildman–Crippen LogP) is 6.79. The van der Waals surface area contributed by atoms with Crippen LogP contribution in [0, 0.1) is 0 Å². The lowest BCUT2D eigenvalue weighted by Gasteiger charge is -2.19. The highest BCUT2D eigenvalue weighted by Gasteiger charge is 2.15. The molecule has 0 aliphatic heterocycles. The topological polar surface area (TPSA) is 4.41 Å². The van der Waals surface area contributed by atoms with Crippen molar-refractivity contribution >= 4 is 27.1 Å². The fourth-order valence-electron chi connectivity index (χ4n) is 4.95. The normalized spacial score (nSPS) is 14.1. The number of benzene rings is 3. The maximum absolute atomic E-state index is 2.37. The Bertz CT molecular complexity index is 1320. The van der Waals surface area contributed by atoms with Crippen molar-refractivity contribution in [1.82, 2.24) is 4.40 Å². The molecule has 1 aliphatic rings. The maximum atomic E-state index is 2.37. The van der Waals surface area contributed by atoms with Crippen LogP contribution in [-0.2, 0) is 12.8 Å². The van der Waals surface area contributed by atoms with Gasteiger partial charge in [-0.1, -0.05) is 48.5 Å². The Hall–Kier alpha value is -3.06. The van der Waals surface area contributed by atoms with E-state index in [1.807, 2.05) is 0 Å². The molecule has 2 aromatic heterocycles. The van der Waals surface area contributed by atoms with E-state index in [2.05, 4.69) is 83.5 Å². The maximum Gasteiger partial charge on any atom is 0.0528 e. The highest BCUT2D eigenvalue weighted by atomic mass is 14.8. The van der Waals surface area contributed by atoms with E-state index in [0.29, 0.717) is 0 Å². The van der Waals surface area contributed by atoms with Crippen LogP contribution >= 0.6 is 0 Å². The van der Waals surface area contributed by atoms with Gasteiger partial charge in [-0.05, 0) is 82.1 Å². The van der Waals surface area contributed by atoms with E-state index >= 15 is 0 Å². The summed E-state index contributed by atoms with van der Waals surface area (Å²) in [7, 11) is 0. The van der Waals surface area contributed by atoms with Crippen molar-refractivity contribution in [3.05, 3.63) is 90.3 Å². The number of hydrogen-bond donors (Lipinski definition) is 0. The van der Waals surface area contributed by atoms with Gasteiger partial charge in [0.25, 0.3) is 0 Å². The zero-order valence-electron chi connectivity index (χ0n) is 15.3. The van der Waals surface area contributed by atoms with E-state index in [0.717, 1.165) is 0 Å². The van der Waals surface area contributed by atoms with Crippen molar-refractivity contribution in [3.63, 3.8) is 0 Å². The summed E-state index contributed by atoms with van der Waals surface area (Å²) >= 11 is 0. The van der Waals surface area contributed by atoms with E-state index in [9.17, 15) is 0 Å². The zero-order valence-corrected chi connectivity index (χ0v) is 15.3. The number of aryl methyl sites for hydroxylation is 2. The molecule has 5 aromatic rings. The average molecular weight is 347 g/mol. The van der Waals surface area contributed by atoms with Crippen molar-refractivity contribution in [2.75, 3.05) is 0 Å². The minimum Gasteiger partial charge on any atom is -0.323 e. The number of aromatic nitrogens is 1. The Kier molecular flexibility index (Phi) is 3.19. The van der Waals surface area contributed by atoms with E-state index in [1.54, 1.807) is 11.1 Å². The lowest BCUT2D eigenvalue weighted by Crippen LogP contribution is -2.03. The van der Waals surface area contributed by atoms with Crippen LogP contribution in [0.3, 0.4) is 0 Å². The van der Waals surface area contributed by atoms with Crippen molar-refractivity contribution in [3.8, 4) is 11.1 Å². The van der Waals surface area contributed by atoms with Crippen molar-refractivity contribution < 1.29 is 0 Å². The molecule has 1 heteroatoms. The lowest BCUT2D eigenvalue weighted by atomic mass is 9.86. The largest absolute Gasteiger partial charge is 0.323 e. The molecule has 2 heterocycles. The van der Waals surface area contributed by atoms with Gasteiger partial charge in [-0.25, -0.2) is 0 Å². The Balaban J connectivity index is 1.67. The minimum atomic E-state index is 1.22. The van der Waals surface area contributed by atoms with Crippen molar-refractivity contribution in [2.45, 2.75) is 25.7 Å². The molecule has 0 bridgehead atoms. The van der Waals surface area contributed by atoms with Gasteiger partial charge in [-0.15, -0.1) is 0 Å². The molecule has 0 radical (unpaired) electrons. The van der Waals surface area contributed by atoms with Gasteiger partial charge < -0.3 is 4.40 Å². The molecule has 130 valence electrons. The van der Waals surface area contributed by atoms with E-state index in [-0.39, 0.29) is 0 Å². The summed E-state index contributed by atoms with van der Waals surface area (Å²) in [5, 5.41) is 5.57. The summed E-state index contributed by atoms with van der Waals surface area (Å²) in [6.07, 6.45) is 9.38. The summed E-state index contributed by atoms with van der Waals surface area (Å²) in [6, 6.07) is 24.8. The first-order valence-electron chi connectivity index (χ1n) is 9.92. The molecule has 0 saturated heterocycles. The van der Waals surface area contributed by atoms with E-state index in [4.69, 9.17) is 0 Å². The van der Waals surface area contributed by atoms with Crippen LogP contribution in [-0.4, -0.2) is 4.40 Å². The lowest BCUT2D eigenvalue weighted by molar-refractivity contribution is 0.690. The van der Waals surface area contributed by atoms with Crippen LogP contribution in [0.5, 0.6) is 0 Å². The molecule has 1 aliphatic carbocycles. The quantitative estimate of drug-likeness (QED) is 0.294. The smallest absolute Gasteiger partial charge is 0.0528 e. The van der Waals surface area contributed by atoms with E-state index < -0.39 is 0 Å². The van der Waals surface area contributed by atoms with Crippen LogP contribution in [0.15, 0.2) is 79.1 Å². The third kappa shape index (κ3) is 2.18. The summed E-state index contributed by atoms with van der Waals surface area (Å²) in [5.74, 6) is 0. The van der Waals surface area contributed by atoms with Gasteiger partial charge in [0.2, 0.25) is 0 Å². The number of nitrogens with zero attached hydrogens (tertiary/aromatic N) is 1. The van der Waals surface area contributed by atoms with Crippen LogP contribution in [0.4, 0.5) is 0 Å². The average Bonchev–Trinajstić information content (AvgIpc) is 3.17. The first-order valence-corrected chi connectivity index (χ1v) is 9.92. The van der Waals surface area contributed by atoms with Gasteiger partial charge in [0.05, 0.1) is 5.52 Å². The zero-order chi connectivity index (χ0) is 17.8. The van der Waals surface area contributed by atoms with Gasteiger partial charge in [0, 0.05) is 18.0 Å². The molecule has 0 N–H and O–H groups in total. The second-order valence-electron chi connectivity index (χ2n) is 7.69. The first-order chi connectivity index (χ1) is 13.4. The Morgan fingerprint density at radius 1 is 0.556 bits per heavy atom. The first kappa shape index (κ1) is 15.0. The number of hydrogen-bond acceptors (Lipinski definition) is 0. The summed E-state index contributed by atoms with van der Waals surface area (Å²) in [6.45, 7) is 0. The second-order valence-corrected chi connectivity index (χ2v) is 7.69. The van der Waals surface area contributed by atoms with Crippen LogP contribution in [0.2, 0.25) is 0 Å². The van der Waals surface area contributed by atoms with Gasteiger partial charge >= 0.3 is 0 Å². The standard InChI is InChI=1S/C26H21N/c1-2-7-19-18(6-1)11-12-23-20-8-5-9-21(24(20)14-13-22(19)23)25-15-17-27-16-4-3-10-26(25)27/h3-5,8-17H,1-2,6-7H2. The predicted molar refractivity (Wildman–Crippen MR) is 114 cm³/mol. The van der Waals surface area contributed by atoms with Crippen molar-refractivity contribution in [1.29, 1.82) is 0 Å². The molecule has 0 unspecified atom stereocenters. The second kappa shape index (κ2) is 5.72. The molecule has 27 heavy (non-hydrogen) atoms. The molecule has 0 atom stereocenters. The van der Waals surface area contributed by atoms with Crippen LogP contribution in [0.1, 0.15) is 24.0 Å². The summed E-state index contributed by atoms with van der Waals surface area (Å²) in [4.78, 5) is 0. The monoisotopic (exact) mass is 347 g/mol. The van der Waals surface area contributed by atoms with Gasteiger partial charge in [-0.3, -0.25) is 0 Å². The number of fused-ring (bicyclic) bond motifs is 6. The highest BCUT2D eigenvalue weighted by molar-refractivity contribution is 6.13. The minimum absolute atomic E-state index is 1.22.